The Morgan fingerprint density at radius 1 is 1.05 bits per heavy atom. The molecule has 7 bridgehead atoms. The van der Waals surface area contributed by atoms with Gasteiger partial charge in [-0.2, -0.15) is 0 Å². The molecule has 1 amide bonds. The smallest absolute Gasteiger partial charge is 0.340 e. The summed E-state index contributed by atoms with van der Waals surface area (Å²) in [6.07, 6.45) is 1.84. The van der Waals surface area contributed by atoms with Crippen LogP contribution in [-0.4, -0.2) is 91.1 Å². The fourth-order valence-corrected chi connectivity index (χ4v) is 11.0. The zero-order valence-corrected chi connectivity index (χ0v) is 23.5. The molecule has 218 valence electrons. The maximum atomic E-state index is 13.8. The summed E-state index contributed by atoms with van der Waals surface area (Å²) in [5.74, 6) is -1.59. The van der Waals surface area contributed by atoms with Crippen molar-refractivity contribution in [2.24, 2.45) is 29.1 Å². The van der Waals surface area contributed by atoms with Gasteiger partial charge in [-0.1, -0.05) is 12.1 Å². The first-order valence-electron chi connectivity index (χ1n) is 14.5. The summed E-state index contributed by atoms with van der Waals surface area (Å²) in [7, 11) is 5.00. The van der Waals surface area contributed by atoms with Crippen molar-refractivity contribution in [3.05, 3.63) is 29.8 Å². The van der Waals surface area contributed by atoms with Gasteiger partial charge in [-0.25, -0.2) is 4.79 Å². The third kappa shape index (κ3) is 2.95. The molecule has 1 aromatic carbocycles. The van der Waals surface area contributed by atoms with E-state index >= 15 is 0 Å². The van der Waals surface area contributed by atoms with Crippen LogP contribution in [0.5, 0.6) is 0 Å². The Bertz CT molecular complexity index is 1240. The average Bonchev–Trinajstić information content (AvgIpc) is 3.33. The summed E-state index contributed by atoms with van der Waals surface area (Å²) in [4.78, 5) is 25.6. The minimum atomic E-state index is -1.47. The maximum Gasteiger partial charge on any atom is 0.340 e. The predicted octanol–water partition coefficient (Wildman–Crippen LogP) is 1.49. The summed E-state index contributed by atoms with van der Waals surface area (Å²) in [6, 6.07) is 6.77. The molecule has 1 aromatic rings. The van der Waals surface area contributed by atoms with Crippen LogP contribution in [0.25, 0.3) is 0 Å². The van der Waals surface area contributed by atoms with Crippen LogP contribution in [-0.2, 0) is 23.7 Å². The van der Waals surface area contributed by atoms with Gasteiger partial charge >= 0.3 is 5.97 Å². The number of aliphatic hydroxyl groups is 2. The van der Waals surface area contributed by atoms with E-state index in [0.717, 1.165) is 0 Å². The van der Waals surface area contributed by atoms with Gasteiger partial charge in [0.2, 0.25) is 5.91 Å². The van der Waals surface area contributed by atoms with Crippen LogP contribution in [0, 0.1) is 29.1 Å². The summed E-state index contributed by atoms with van der Waals surface area (Å²) in [5, 5.41) is 31.8. The third-order valence-electron chi connectivity index (χ3n) is 12.0. The first kappa shape index (κ1) is 26.8. The highest BCUT2D eigenvalue weighted by Gasteiger charge is 2.88. The first-order chi connectivity index (χ1) is 19.1. The monoisotopic (exact) mass is 556 g/mol. The summed E-state index contributed by atoms with van der Waals surface area (Å²) in [6.45, 7) is 1.86. The van der Waals surface area contributed by atoms with E-state index < -0.39 is 34.3 Å². The van der Waals surface area contributed by atoms with Gasteiger partial charge in [0.25, 0.3) is 0 Å². The molecule has 4 N–H and O–H groups in total. The predicted molar refractivity (Wildman–Crippen MR) is 142 cm³/mol. The second kappa shape index (κ2) is 8.72. The molecule has 6 aliphatic rings. The standard InChI is InChI=1S/C30H40N2O8/c1-15(33)32-19-8-6-5-7-16(19)26(34)40-27-10-9-23(38-3)29-21(27)12-18(24(29)31-14-27)28(35)13-20(37-2)17-11-22(29)30(28,36)25(17)39-4/h5-8,17-18,20-25,31,35-36H,9-14H2,1-4H3,(H,32,33)/t17-,18+,20+,21-,22+,23+,24-,25+,27-,28+,29+,30+/m1/s1. The first-order valence-corrected chi connectivity index (χ1v) is 14.5. The molecular weight excluding hydrogens is 516 g/mol. The number of hydrogen-bond acceptors (Lipinski definition) is 9. The van der Waals surface area contributed by atoms with Gasteiger partial charge < -0.3 is 39.8 Å². The molecule has 1 aliphatic heterocycles. The highest BCUT2D eigenvalue weighted by atomic mass is 16.6. The number of anilines is 1. The molecule has 10 heteroatoms. The van der Waals surface area contributed by atoms with Gasteiger partial charge in [0, 0.05) is 76.3 Å². The van der Waals surface area contributed by atoms with Gasteiger partial charge in [0.1, 0.15) is 16.8 Å². The summed E-state index contributed by atoms with van der Waals surface area (Å²) >= 11 is 0. The largest absolute Gasteiger partial charge is 0.454 e. The van der Waals surface area contributed by atoms with E-state index in [-0.39, 0.29) is 47.8 Å². The molecule has 1 spiro atoms. The van der Waals surface area contributed by atoms with E-state index in [0.29, 0.717) is 49.9 Å². The third-order valence-corrected chi connectivity index (χ3v) is 12.0. The van der Waals surface area contributed by atoms with Crippen molar-refractivity contribution in [1.82, 2.24) is 5.32 Å². The number of carbonyl (C=O) groups is 2. The molecule has 7 rings (SSSR count). The summed E-state index contributed by atoms with van der Waals surface area (Å²) < 4.78 is 24.7. The Kier molecular flexibility index (Phi) is 5.84. The van der Waals surface area contributed by atoms with E-state index in [4.69, 9.17) is 18.9 Å². The fourth-order valence-electron chi connectivity index (χ4n) is 11.0. The molecule has 12 atom stereocenters. The van der Waals surface area contributed by atoms with Crippen molar-refractivity contribution < 1.29 is 38.7 Å². The molecule has 0 radical (unpaired) electrons. The van der Waals surface area contributed by atoms with Crippen molar-refractivity contribution in [3.8, 4) is 0 Å². The second-order valence-electron chi connectivity index (χ2n) is 13.0. The topological polar surface area (TPSA) is 136 Å². The number of hydrogen-bond donors (Lipinski definition) is 4. The number of esters is 1. The lowest BCUT2D eigenvalue weighted by Crippen LogP contribution is -2.83. The lowest BCUT2D eigenvalue weighted by Gasteiger charge is -2.68. The summed E-state index contributed by atoms with van der Waals surface area (Å²) in [5.41, 5.74) is -3.61. The number of rotatable bonds is 6. The number of benzene rings is 1. The van der Waals surface area contributed by atoms with E-state index in [1.165, 1.54) is 6.92 Å². The van der Waals surface area contributed by atoms with E-state index in [1.807, 2.05) is 0 Å². The van der Waals surface area contributed by atoms with Crippen LogP contribution in [0.1, 0.15) is 49.4 Å². The maximum absolute atomic E-state index is 13.8. The zero-order valence-electron chi connectivity index (χ0n) is 23.5. The highest BCUT2D eigenvalue weighted by molar-refractivity contribution is 6.00. The second-order valence-corrected chi connectivity index (χ2v) is 13.0. The Morgan fingerprint density at radius 3 is 2.52 bits per heavy atom. The van der Waals surface area contributed by atoms with Gasteiger partial charge in [0.05, 0.1) is 29.6 Å². The lowest BCUT2D eigenvalue weighted by molar-refractivity contribution is -0.323. The number of piperidine rings is 1. The van der Waals surface area contributed by atoms with Crippen LogP contribution < -0.4 is 10.6 Å². The number of methoxy groups -OCH3 is 3. The molecule has 1 heterocycles. The van der Waals surface area contributed by atoms with Crippen LogP contribution in [0.3, 0.4) is 0 Å². The molecule has 40 heavy (non-hydrogen) atoms. The van der Waals surface area contributed by atoms with E-state index in [2.05, 4.69) is 10.6 Å². The Morgan fingerprint density at radius 2 is 1.82 bits per heavy atom. The van der Waals surface area contributed by atoms with E-state index in [1.54, 1.807) is 45.6 Å². The fraction of sp³-hybridized carbons (Fsp3) is 0.733. The molecule has 10 nitrogen and oxygen atoms in total. The Hall–Kier alpha value is -2.08. The molecule has 1 saturated heterocycles. The van der Waals surface area contributed by atoms with Crippen molar-refractivity contribution in [3.63, 3.8) is 0 Å². The molecule has 0 aromatic heterocycles. The normalized spacial score (nSPS) is 49.5. The van der Waals surface area contributed by atoms with Crippen molar-refractivity contribution in [2.45, 2.75) is 80.2 Å². The van der Waals surface area contributed by atoms with E-state index in [9.17, 15) is 19.8 Å². The Balaban J connectivity index is 1.34. The molecule has 5 saturated carbocycles. The lowest BCUT2D eigenvalue weighted by atomic mass is 9.44. The van der Waals surface area contributed by atoms with Crippen molar-refractivity contribution in [1.29, 1.82) is 0 Å². The molecule has 5 aliphatic carbocycles. The van der Waals surface area contributed by atoms with Gasteiger partial charge in [-0.3, -0.25) is 4.79 Å². The van der Waals surface area contributed by atoms with Crippen molar-refractivity contribution >= 4 is 17.6 Å². The SMILES string of the molecule is CO[C@H]1C[C@]2(O)[C@H]3C[C@@H]4[C@@]5(OC(=O)c6ccccc6NC(C)=O)CC[C@H](OC)[C@@]4([C@@H]3NC5)[C@@H]3C[C@H]1[C@H](OC)[C@@]32O. The van der Waals surface area contributed by atoms with Crippen LogP contribution in [0.2, 0.25) is 0 Å². The zero-order chi connectivity index (χ0) is 28.2. The number of amides is 1. The number of carbonyl (C=O) groups excluding carboxylic acids is 2. The van der Waals surface area contributed by atoms with Crippen LogP contribution >= 0.6 is 0 Å². The molecular formula is C30H40N2O8. The van der Waals surface area contributed by atoms with Gasteiger partial charge in [-0.05, 0) is 37.8 Å². The number of ether oxygens (including phenoxy) is 4. The van der Waals surface area contributed by atoms with Gasteiger partial charge in [-0.15, -0.1) is 0 Å². The highest BCUT2D eigenvalue weighted by Crippen LogP contribution is 2.78. The number of nitrogens with one attached hydrogen (secondary N) is 2. The molecule has 6 fully saturated rings. The van der Waals surface area contributed by atoms with Crippen molar-refractivity contribution in [2.75, 3.05) is 33.2 Å². The average molecular weight is 557 g/mol. The van der Waals surface area contributed by atoms with Gasteiger partial charge in [0.15, 0.2) is 0 Å². The van der Waals surface area contributed by atoms with Crippen LogP contribution in [0.4, 0.5) is 5.69 Å². The minimum absolute atomic E-state index is 0.0689. The molecule has 0 unspecified atom stereocenters. The van der Waals surface area contributed by atoms with Crippen LogP contribution in [0.15, 0.2) is 24.3 Å². The Labute approximate surface area is 234 Å². The number of fused-ring (bicyclic) bond motifs is 2. The minimum Gasteiger partial charge on any atom is -0.454 e. The quantitative estimate of drug-likeness (QED) is 0.384. The number of para-hydroxylation sites is 1.